The van der Waals surface area contributed by atoms with Gasteiger partial charge in [0.15, 0.2) is 5.78 Å². The second kappa shape index (κ2) is 7.95. The molecule has 0 radical (unpaired) electrons. The molecule has 2 aromatic rings. The molecule has 0 fully saturated rings. The van der Waals surface area contributed by atoms with Crippen LogP contribution in [0.4, 0.5) is 11.4 Å². The summed E-state index contributed by atoms with van der Waals surface area (Å²) < 4.78 is 1.67. The highest BCUT2D eigenvalue weighted by molar-refractivity contribution is 9.10. The molecule has 0 saturated carbocycles. The molecule has 2 aromatic carbocycles. The Morgan fingerprint density at radius 2 is 1.32 bits per heavy atom. The Morgan fingerprint density at radius 1 is 0.909 bits per heavy atom. The van der Waals surface area contributed by atoms with Crippen molar-refractivity contribution in [3.63, 3.8) is 0 Å². The maximum atomic E-state index is 10.9. The van der Waals surface area contributed by atoms with Gasteiger partial charge in [0.05, 0.1) is 5.56 Å². The number of halogens is 2. The van der Waals surface area contributed by atoms with Crippen LogP contribution in [0.1, 0.15) is 27.6 Å². The van der Waals surface area contributed by atoms with Gasteiger partial charge >= 0.3 is 5.97 Å². The SMILES string of the molecule is CC(=O)c1ccc(Br)cc1N.Nc1cc(Br)ccc1C(=O)O. The number of hydrogen-bond acceptors (Lipinski definition) is 4. The van der Waals surface area contributed by atoms with Gasteiger partial charge in [-0.15, -0.1) is 0 Å². The van der Waals surface area contributed by atoms with Crippen LogP contribution < -0.4 is 11.5 Å². The number of Topliss-reactive ketones (excluding diaryl/α,β-unsaturated/α-hetero) is 1. The molecule has 0 bridgehead atoms. The number of aromatic carboxylic acids is 1. The highest BCUT2D eigenvalue weighted by Crippen LogP contribution is 2.19. The number of carboxylic acids is 1. The van der Waals surface area contributed by atoms with Crippen molar-refractivity contribution in [3.05, 3.63) is 56.5 Å². The van der Waals surface area contributed by atoms with Crippen LogP contribution in [-0.4, -0.2) is 16.9 Å². The van der Waals surface area contributed by atoms with E-state index in [1.54, 1.807) is 30.3 Å². The van der Waals surface area contributed by atoms with Crippen molar-refractivity contribution in [2.75, 3.05) is 11.5 Å². The first-order chi connectivity index (χ1) is 10.2. The van der Waals surface area contributed by atoms with Gasteiger partial charge in [-0.2, -0.15) is 0 Å². The van der Waals surface area contributed by atoms with Crippen LogP contribution in [0.25, 0.3) is 0 Å². The highest BCUT2D eigenvalue weighted by Gasteiger charge is 2.06. The Bertz CT molecular complexity index is 656. The minimum atomic E-state index is -1.00. The second-order valence-electron chi connectivity index (χ2n) is 4.32. The fraction of sp³-hybridized carbons (Fsp3) is 0.0667. The van der Waals surface area contributed by atoms with Crippen LogP contribution in [0.5, 0.6) is 0 Å². The molecule has 116 valence electrons. The van der Waals surface area contributed by atoms with Crippen molar-refractivity contribution in [2.45, 2.75) is 6.92 Å². The normalized spacial score (nSPS) is 9.59. The predicted octanol–water partition coefficient (Wildman–Crippen LogP) is 3.96. The van der Waals surface area contributed by atoms with Crippen LogP contribution in [-0.2, 0) is 0 Å². The summed E-state index contributed by atoms with van der Waals surface area (Å²) in [4.78, 5) is 21.3. The third-order valence-electron chi connectivity index (χ3n) is 2.64. The van der Waals surface area contributed by atoms with Crippen LogP contribution in [0.15, 0.2) is 45.3 Å². The molecule has 5 nitrogen and oxygen atoms in total. The van der Waals surface area contributed by atoms with Gasteiger partial charge in [0, 0.05) is 25.9 Å². The van der Waals surface area contributed by atoms with E-state index in [1.807, 2.05) is 0 Å². The average molecular weight is 430 g/mol. The number of ketones is 1. The Labute approximate surface area is 144 Å². The van der Waals surface area contributed by atoms with Crippen molar-refractivity contribution in [2.24, 2.45) is 0 Å². The van der Waals surface area contributed by atoms with Gasteiger partial charge < -0.3 is 16.6 Å². The molecular weight excluding hydrogens is 416 g/mol. The number of rotatable bonds is 2. The summed E-state index contributed by atoms with van der Waals surface area (Å²) in [5.74, 6) is -1.01. The smallest absolute Gasteiger partial charge is 0.337 e. The van der Waals surface area contributed by atoms with Crippen molar-refractivity contribution in [1.82, 2.24) is 0 Å². The molecule has 0 atom stereocenters. The third kappa shape index (κ3) is 5.16. The van der Waals surface area contributed by atoms with Gasteiger partial charge in [0.25, 0.3) is 0 Å². The van der Waals surface area contributed by atoms with E-state index in [0.29, 0.717) is 11.3 Å². The lowest BCUT2D eigenvalue weighted by atomic mass is 10.1. The summed E-state index contributed by atoms with van der Waals surface area (Å²) in [7, 11) is 0. The summed E-state index contributed by atoms with van der Waals surface area (Å²) in [5, 5.41) is 8.56. The van der Waals surface area contributed by atoms with Crippen molar-refractivity contribution >= 4 is 55.0 Å². The van der Waals surface area contributed by atoms with Gasteiger partial charge in [-0.25, -0.2) is 4.79 Å². The summed E-state index contributed by atoms with van der Waals surface area (Å²) in [5.41, 5.74) is 12.5. The first kappa shape index (κ1) is 18.2. The van der Waals surface area contributed by atoms with Gasteiger partial charge in [-0.05, 0) is 43.3 Å². The first-order valence-electron chi connectivity index (χ1n) is 6.06. The van der Waals surface area contributed by atoms with E-state index >= 15 is 0 Å². The Morgan fingerprint density at radius 3 is 1.64 bits per heavy atom. The summed E-state index contributed by atoms with van der Waals surface area (Å²) >= 11 is 6.43. The number of carbonyl (C=O) groups excluding carboxylic acids is 1. The van der Waals surface area contributed by atoms with Crippen molar-refractivity contribution in [3.8, 4) is 0 Å². The zero-order valence-electron chi connectivity index (χ0n) is 11.6. The van der Waals surface area contributed by atoms with E-state index in [-0.39, 0.29) is 17.0 Å². The molecule has 0 aromatic heterocycles. The van der Waals surface area contributed by atoms with Gasteiger partial charge in [0.1, 0.15) is 0 Å². The quantitative estimate of drug-likeness (QED) is 0.494. The molecule has 0 saturated heterocycles. The molecule has 0 unspecified atom stereocenters. The lowest BCUT2D eigenvalue weighted by molar-refractivity contribution is 0.0698. The van der Waals surface area contributed by atoms with Crippen molar-refractivity contribution in [1.29, 1.82) is 0 Å². The monoisotopic (exact) mass is 428 g/mol. The molecule has 0 aliphatic heterocycles. The Kier molecular flexibility index (Phi) is 6.58. The van der Waals surface area contributed by atoms with E-state index < -0.39 is 5.97 Å². The topological polar surface area (TPSA) is 106 Å². The molecule has 7 heteroatoms. The molecule has 0 aliphatic carbocycles. The predicted molar refractivity (Wildman–Crippen MR) is 94.1 cm³/mol. The average Bonchev–Trinajstić information content (AvgIpc) is 2.38. The van der Waals surface area contributed by atoms with Crippen LogP contribution >= 0.6 is 31.9 Å². The minimum absolute atomic E-state index is 0.00463. The summed E-state index contributed by atoms with van der Waals surface area (Å²) in [6.07, 6.45) is 0. The van der Waals surface area contributed by atoms with Crippen LogP contribution in [0.2, 0.25) is 0 Å². The lowest BCUT2D eigenvalue weighted by Gasteiger charge is -2.00. The largest absolute Gasteiger partial charge is 0.478 e. The van der Waals surface area contributed by atoms with Crippen LogP contribution in [0.3, 0.4) is 0 Å². The molecule has 0 aliphatic rings. The maximum absolute atomic E-state index is 10.9. The molecule has 0 spiro atoms. The Hall–Kier alpha value is -1.86. The molecule has 0 heterocycles. The summed E-state index contributed by atoms with van der Waals surface area (Å²) in [6.45, 7) is 1.50. The van der Waals surface area contributed by atoms with E-state index in [9.17, 15) is 9.59 Å². The summed E-state index contributed by atoms with van der Waals surface area (Å²) in [6, 6.07) is 9.89. The number of benzene rings is 2. The molecule has 22 heavy (non-hydrogen) atoms. The number of nitrogens with two attached hydrogens (primary N) is 2. The van der Waals surface area contributed by atoms with Crippen LogP contribution in [0, 0.1) is 0 Å². The minimum Gasteiger partial charge on any atom is -0.478 e. The standard InChI is InChI=1S/C8H8BrNO.C7H6BrNO2/c1-5(11)7-3-2-6(9)4-8(7)10;8-4-1-2-5(7(10)11)6(9)3-4/h2-4H,10H2,1H3;1-3H,9H2,(H,10,11). The third-order valence-corrected chi connectivity index (χ3v) is 3.62. The first-order valence-corrected chi connectivity index (χ1v) is 7.65. The number of carboxylic acid groups (broad SMARTS) is 1. The maximum Gasteiger partial charge on any atom is 0.337 e. The molecule has 5 N–H and O–H groups in total. The fourth-order valence-corrected chi connectivity index (χ4v) is 2.34. The zero-order valence-corrected chi connectivity index (χ0v) is 14.8. The molecule has 2 rings (SSSR count). The van der Waals surface area contributed by atoms with E-state index in [4.69, 9.17) is 16.6 Å². The van der Waals surface area contributed by atoms with Gasteiger partial charge in [0.2, 0.25) is 0 Å². The zero-order chi connectivity index (χ0) is 16.9. The fourth-order valence-electron chi connectivity index (χ4n) is 1.58. The molecular formula is C15H14Br2N2O3. The second-order valence-corrected chi connectivity index (χ2v) is 6.16. The van der Waals surface area contributed by atoms with Gasteiger partial charge in [-0.3, -0.25) is 4.79 Å². The highest BCUT2D eigenvalue weighted by atomic mass is 79.9. The van der Waals surface area contributed by atoms with E-state index in [0.717, 1.165) is 8.95 Å². The van der Waals surface area contributed by atoms with Gasteiger partial charge in [-0.1, -0.05) is 31.9 Å². The number of carbonyl (C=O) groups is 2. The number of anilines is 2. The van der Waals surface area contributed by atoms with Crippen molar-refractivity contribution < 1.29 is 14.7 Å². The van der Waals surface area contributed by atoms with E-state index in [1.165, 1.54) is 13.0 Å². The number of nitrogen functional groups attached to an aromatic ring is 2. The Balaban J connectivity index is 0.000000220. The molecule has 0 amide bonds. The number of hydrogen-bond donors (Lipinski definition) is 3. The van der Waals surface area contributed by atoms with E-state index in [2.05, 4.69) is 31.9 Å². The lowest BCUT2D eigenvalue weighted by Crippen LogP contribution is -2.01.